The predicted molar refractivity (Wildman–Crippen MR) is 128 cm³/mol. The lowest BCUT2D eigenvalue weighted by atomic mass is 9.98. The van der Waals surface area contributed by atoms with Crippen LogP contribution in [0.25, 0.3) is 0 Å². The Bertz CT molecular complexity index is 882. The van der Waals surface area contributed by atoms with Gasteiger partial charge in [-0.25, -0.2) is 4.79 Å². The molecule has 0 aromatic heterocycles. The van der Waals surface area contributed by atoms with E-state index < -0.39 is 104 Å². The van der Waals surface area contributed by atoms with Gasteiger partial charge in [0, 0.05) is 0 Å². The molecule has 38 heavy (non-hydrogen) atoms. The molecule has 0 unspecified atom stereocenters. The van der Waals surface area contributed by atoms with E-state index in [4.69, 9.17) is 15.9 Å². The van der Waals surface area contributed by atoms with E-state index in [9.17, 15) is 43.8 Å². The van der Waals surface area contributed by atoms with Gasteiger partial charge in [0.15, 0.2) is 0 Å². The van der Waals surface area contributed by atoms with Crippen LogP contribution in [-0.4, -0.2) is 112 Å². The van der Waals surface area contributed by atoms with Gasteiger partial charge in [0.1, 0.15) is 24.2 Å². The Balaban J connectivity index is 5.32. The van der Waals surface area contributed by atoms with Gasteiger partial charge < -0.3 is 52.7 Å². The molecule has 0 aromatic carbocycles. The van der Waals surface area contributed by atoms with Gasteiger partial charge in [0.2, 0.25) is 29.5 Å². The van der Waals surface area contributed by atoms with Crippen molar-refractivity contribution >= 4 is 41.5 Å². The van der Waals surface area contributed by atoms with Crippen LogP contribution in [-0.2, 0) is 33.6 Å². The second kappa shape index (κ2) is 16.8. The fourth-order valence-corrected chi connectivity index (χ4v) is 2.94. The summed E-state index contributed by atoms with van der Waals surface area (Å²) in [5, 5.41) is 47.9. The van der Waals surface area contributed by atoms with E-state index in [-0.39, 0.29) is 0 Å². The highest BCUT2D eigenvalue weighted by atomic mass is 16.4. The highest BCUT2D eigenvalue weighted by Gasteiger charge is 2.32. The highest BCUT2D eigenvalue weighted by Crippen LogP contribution is 2.08. The van der Waals surface area contributed by atoms with Crippen molar-refractivity contribution in [2.24, 2.45) is 11.7 Å². The lowest BCUT2D eigenvalue weighted by molar-refractivity contribution is -0.147. The van der Waals surface area contributed by atoms with Crippen molar-refractivity contribution in [2.75, 3.05) is 19.7 Å². The SMILES string of the molecule is CC[C@H](C)[C@H](NC(=O)CNC(=O)[C@@H](NC(=O)CN)[C@@H](C)O)C(=O)N[C@@H](CO)C(=O)N[C@@H](CC(=O)O)C(=O)O. The van der Waals surface area contributed by atoms with Crippen molar-refractivity contribution in [1.29, 1.82) is 0 Å². The number of carbonyl (C=O) groups excluding carboxylic acids is 5. The zero-order chi connectivity index (χ0) is 29.6. The number of nitrogens with two attached hydrogens (primary N) is 1. The summed E-state index contributed by atoms with van der Waals surface area (Å²) in [5.41, 5.74) is 5.17. The van der Waals surface area contributed by atoms with Crippen LogP contribution in [0.2, 0.25) is 0 Å². The number of carboxylic acids is 2. The standard InChI is InChI=1S/C21H36N6O11/c1-4-9(2)16(27-14(31)7-23-19(35)17(10(3)29)26-13(30)6-22)20(36)25-12(8-28)18(34)24-11(21(37)38)5-15(32)33/h9-12,16-17,28-29H,4-8,22H2,1-3H3,(H,23,35)(H,24,34)(H,25,36)(H,26,30)(H,27,31)(H,32,33)(H,37,38)/t9-,10+,11-,12-,16-,17-/m0/s1. The number of hydrogen-bond acceptors (Lipinski definition) is 10. The fraction of sp³-hybridized carbons (Fsp3) is 0.667. The summed E-state index contributed by atoms with van der Waals surface area (Å²) < 4.78 is 0. The summed E-state index contributed by atoms with van der Waals surface area (Å²) in [6.07, 6.45) is -1.89. The molecule has 0 aliphatic carbocycles. The van der Waals surface area contributed by atoms with Crippen LogP contribution in [0.15, 0.2) is 0 Å². The summed E-state index contributed by atoms with van der Waals surface area (Å²) in [7, 11) is 0. The van der Waals surface area contributed by atoms with Gasteiger partial charge in [-0.1, -0.05) is 20.3 Å². The lowest BCUT2D eigenvalue weighted by Gasteiger charge is -2.26. The molecule has 17 nitrogen and oxygen atoms in total. The molecular weight excluding hydrogens is 512 g/mol. The number of carboxylic acid groups (broad SMARTS) is 2. The van der Waals surface area contributed by atoms with E-state index in [0.29, 0.717) is 6.42 Å². The third-order valence-corrected chi connectivity index (χ3v) is 5.31. The Morgan fingerprint density at radius 3 is 1.79 bits per heavy atom. The Morgan fingerprint density at radius 2 is 1.34 bits per heavy atom. The van der Waals surface area contributed by atoms with Crippen LogP contribution < -0.4 is 32.3 Å². The minimum atomic E-state index is -1.82. The van der Waals surface area contributed by atoms with Gasteiger partial charge in [-0.3, -0.25) is 28.8 Å². The quantitative estimate of drug-likeness (QED) is 0.0817. The first-order valence-electron chi connectivity index (χ1n) is 11.6. The Labute approximate surface area is 217 Å². The molecule has 0 aliphatic rings. The van der Waals surface area contributed by atoms with Crippen LogP contribution in [0.3, 0.4) is 0 Å². The lowest BCUT2D eigenvalue weighted by Crippen LogP contribution is -2.59. The maximum absolute atomic E-state index is 12.8. The summed E-state index contributed by atoms with van der Waals surface area (Å²) in [5.74, 6) is -8.20. The second-order valence-electron chi connectivity index (χ2n) is 8.38. The highest BCUT2D eigenvalue weighted by molar-refractivity contribution is 5.95. The fourth-order valence-electron chi connectivity index (χ4n) is 2.94. The Kier molecular flexibility index (Phi) is 15.1. The van der Waals surface area contributed by atoms with Crippen molar-refractivity contribution in [1.82, 2.24) is 26.6 Å². The number of hydrogen-bond donors (Lipinski definition) is 10. The summed E-state index contributed by atoms with van der Waals surface area (Å²) in [6, 6.07) is -6.14. The molecular formula is C21H36N6O11. The van der Waals surface area contributed by atoms with Crippen molar-refractivity contribution < 1.29 is 54.0 Å². The molecule has 0 bridgehead atoms. The molecule has 0 aliphatic heterocycles. The van der Waals surface area contributed by atoms with Crippen molar-refractivity contribution in [3.8, 4) is 0 Å². The molecule has 0 fully saturated rings. The number of aliphatic hydroxyl groups is 2. The van der Waals surface area contributed by atoms with Crippen LogP contribution >= 0.6 is 0 Å². The first kappa shape index (κ1) is 34.2. The van der Waals surface area contributed by atoms with E-state index in [1.54, 1.807) is 13.8 Å². The number of aliphatic carboxylic acids is 2. The van der Waals surface area contributed by atoms with E-state index >= 15 is 0 Å². The number of rotatable bonds is 17. The second-order valence-corrected chi connectivity index (χ2v) is 8.38. The van der Waals surface area contributed by atoms with Crippen molar-refractivity contribution in [3.05, 3.63) is 0 Å². The van der Waals surface area contributed by atoms with Crippen LogP contribution in [0.1, 0.15) is 33.6 Å². The number of aliphatic hydroxyl groups excluding tert-OH is 2. The molecule has 0 saturated heterocycles. The Morgan fingerprint density at radius 1 is 0.789 bits per heavy atom. The summed E-state index contributed by atoms with van der Waals surface area (Å²) in [6.45, 7) is 2.47. The molecule has 0 saturated carbocycles. The summed E-state index contributed by atoms with van der Waals surface area (Å²) >= 11 is 0. The number of carbonyl (C=O) groups is 7. The average molecular weight is 549 g/mol. The minimum absolute atomic E-state index is 0.371. The van der Waals surface area contributed by atoms with E-state index in [1.807, 2.05) is 5.32 Å². The molecule has 0 spiro atoms. The number of nitrogens with one attached hydrogen (secondary N) is 5. The molecule has 216 valence electrons. The van der Waals surface area contributed by atoms with Crippen molar-refractivity contribution in [2.45, 2.75) is 63.9 Å². The normalized spacial score (nSPS) is 15.4. The molecule has 0 heterocycles. The Hall–Kier alpha value is -3.83. The number of amides is 5. The van der Waals surface area contributed by atoms with Crippen molar-refractivity contribution in [3.63, 3.8) is 0 Å². The first-order chi connectivity index (χ1) is 17.7. The van der Waals surface area contributed by atoms with Gasteiger partial charge >= 0.3 is 11.9 Å². The average Bonchev–Trinajstić information content (AvgIpc) is 2.85. The largest absolute Gasteiger partial charge is 0.481 e. The molecule has 0 rings (SSSR count). The third-order valence-electron chi connectivity index (χ3n) is 5.31. The smallest absolute Gasteiger partial charge is 0.326 e. The minimum Gasteiger partial charge on any atom is -0.481 e. The predicted octanol–water partition coefficient (Wildman–Crippen LogP) is -5.02. The summed E-state index contributed by atoms with van der Waals surface area (Å²) in [4.78, 5) is 83.3. The zero-order valence-corrected chi connectivity index (χ0v) is 21.2. The first-order valence-corrected chi connectivity index (χ1v) is 11.6. The topological polar surface area (TPSA) is 287 Å². The van der Waals surface area contributed by atoms with Crippen LogP contribution in [0.5, 0.6) is 0 Å². The molecule has 0 aromatic rings. The molecule has 6 atom stereocenters. The van der Waals surface area contributed by atoms with Gasteiger partial charge in [-0.05, 0) is 12.8 Å². The van der Waals surface area contributed by atoms with Gasteiger partial charge in [-0.2, -0.15) is 0 Å². The van der Waals surface area contributed by atoms with Crippen LogP contribution in [0.4, 0.5) is 0 Å². The molecule has 5 amide bonds. The zero-order valence-electron chi connectivity index (χ0n) is 21.2. The maximum Gasteiger partial charge on any atom is 0.326 e. The van der Waals surface area contributed by atoms with Crippen LogP contribution in [0, 0.1) is 5.92 Å². The maximum atomic E-state index is 12.8. The molecule has 0 radical (unpaired) electrons. The molecule has 11 N–H and O–H groups in total. The van der Waals surface area contributed by atoms with E-state index in [0.717, 1.165) is 0 Å². The molecule has 17 heteroatoms. The van der Waals surface area contributed by atoms with Gasteiger partial charge in [0.25, 0.3) is 0 Å². The third kappa shape index (κ3) is 11.9. The van der Waals surface area contributed by atoms with Gasteiger partial charge in [0.05, 0.1) is 32.2 Å². The van der Waals surface area contributed by atoms with E-state index in [2.05, 4.69) is 21.3 Å². The van der Waals surface area contributed by atoms with E-state index in [1.165, 1.54) is 6.92 Å². The monoisotopic (exact) mass is 548 g/mol. The van der Waals surface area contributed by atoms with Gasteiger partial charge in [-0.15, -0.1) is 0 Å².